The molecule has 0 amide bonds. The lowest BCUT2D eigenvalue weighted by molar-refractivity contribution is -0.0178. The molecule has 3 rings (SSSR count). The Labute approximate surface area is 101 Å². The minimum Gasteiger partial charge on any atom is -0.386 e. The monoisotopic (exact) mass is 234 g/mol. The summed E-state index contributed by atoms with van der Waals surface area (Å²) in [7, 11) is 0. The van der Waals surface area contributed by atoms with Crippen LogP contribution in [0.25, 0.3) is 0 Å². The lowest BCUT2D eigenvalue weighted by atomic mass is 9.93. The van der Waals surface area contributed by atoms with Crippen molar-refractivity contribution in [2.75, 3.05) is 6.61 Å². The summed E-state index contributed by atoms with van der Waals surface area (Å²) >= 11 is 0. The summed E-state index contributed by atoms with van der Waals surface area (Å²) in [5, 5.41) is 10.4. The van der Waals surface area contributed by atoms with E-state index in [1.54, 1.807) is 0 Å². The number of aliphatic hydroxyl groups is 1. The molecule has 3 unspecified atom stereocenters. The highest BCUT2D eigenvalue weighted by molar-refractivity contribution is 5.34. The Morgan fingerprint density at radius 2 is 2.12 bits per heavy atom. The standard InChI is InChI=1S/C14H18O3/c1-9-4-5-17-14(9)13(15)10-2-3-11-7-16-8-12(11)6-10/h2-3,6,9,13-15H,4-5,7-8H2,1H3. The van der Waals surface area contributed by atoms with Gasteiger partial charge in [-0.2, -0.15) is 0 Å². The van der Waals surface area contributed by atoms with Crippen LogP contribution in [0.2, 0.25) is 0 Å². The summed E-state index contributed by atoms with van der Waals surface area (Å²) in [6.45, 7) is 4.26. The molecule has 1 aromatic carbocycles. The zero-order chi connectivity index (χ0) is 11.8. The van der Waals surface area contributed by atoms with Crippen LogP contribution in [-0.4, -0.2) is 17.8 Å². The van der Waals surface area contributed by atoms with E-state index in [1.807, 2.05) is 6.07 Å². The van der Waals surface area contributed by atoms with Gasteiger partial charge in [0.2, 0.25) is 0 Å². The molecule has 3 nitrogen and oxygen atoms in total. The normalized spacial score (nSPS) is 29.3. The van der Waals surface area contributed by atoms with Gasteiger partial charge in [0, 0.05) is 6.61 Å². The van der Waals surface area contributed by atoms with Crippen LogP contribution in [0.5, 0.6) is 0 Å². The topological polar surface area (TPSA) is 38.7 Å². The van der Waals surface area contributed by atoms with Gasteiger partial charge in [0.05, 0.1) is 19.3 Å². The first kappa shape index (κ1) is 11.2. The summed E-state index contributed by atoms with van der Waals surface area (Å²) in [5.41, 5.74) is 3.39. The van der Waals surface area contributed by atoms with Gasteiger partial charge in [-0.3, -0.25) is 0 Å². The molecule has 3 heteroatoms. The number of ether oxygens (including phenoxy) is 2. The molecular formula is C14H18O3. The van der Waals surface area contributed by atoms with Crippen molar-refractivity contribution >= 4 is 0 Å². The highest BCUT2D eigenvalue weighted by Crippen LogP contribution is 2.32. The van der Waals surface area contributed by atoms with E-state index in [9.17, 15) is 5.11 Å². The van der Waals surface area contributed by atoms with E-state index < -0.39 is 6.10 Å². The quantitative estimate of drug-likeness (QED) is 0.852. The van der Waals surface area contributed by atoms with E-state index in [0.717, 1.165) is 18.6 Å². The molecule has 0 bridgehead atoms. The summed E-state index contributed by atoms with van der Waals surface area (Å²) < 4.78 is 11.0. The molecular weight excluding hydrogens is 216 g/mol. The van der Waals surface area contributed by atoms with Crippen molar-refractivity contribution in [2.24, 2.45) is 5.92 Å². The highest BCUT2D eigenvalue weighted by Gasteiger charge is 2.32. The molecule has 0 saturated carbocycles. The minimum absolute atomic E-state index is 0.0598. The number of aliphatic hydroxyl groups excluding tert-OH is 1. The van der Waals surface area contributed by atoms with Crippen molar-refractivity contribution < 1.29 is 14.6 Å². The van der Waals surface area contributed by atoms with Crippen molar-refractivity contribution in [3.63, 3.8) is 0 Å². The van der Waals surface area contributed by atoms with Gasteiger partial charge in [-0.05, 0) is 29.0 Å². The van der Waals surface area contributed by atoms with Gasteiger partial charge in [-0.15, -0.1) is 0 Å². The summed E-state index contributed by atoms with van der Waals surface area (Å²) in [6.07, 6.45) is 0.462. The molecule has 2 aliphatic heterocycles. The Morgan fingerprint density at radius 3 is 2.88 bits per heavy atom. The summed E-state index contributed by atoms with van der Waals surface area (Å²) in [5.74, 6) is 0.425. The van der Waals surface area contributed by atoms with E-state index in [2.05, 4.69) is 19.1 Å². The number of hydrogen-bond donors (Lipinski definition) is 1. The lowest BCUT2D eigenvalue weighted by Crippen LogP contribution is -2.23. The molecule has 0 radical (unpaired) electrons. The third-order valence-corrected chi connectivity index (χ3v) is 3.84. The second kappa shape index (κ2) is 4.41. The van der Waals surface area contributed by atoms with E-state index >= 15 is 0 Å². The van der Waals surface area contributed by atoms with Crippen molar-refractivity contribution in [1.29, 1.82) is 0 Å². The second-order valence-corrected chi connectivity index (χ2v) is 5.07. The molecule has 2 aliphatic rings. The van der Waals surface area contributed by atoms with Crippen molar-refractivity contribution in [1.82, 2.24) is 0 Å². The van der Waals surface area contributed by atoms with E-state index in [1.165, 1.54) is 11.1 Å². The maximum atomic E-state index is 10.4. The maximum absolute atomic E-state index is 10.4. The molecule has 0 aromatic heterocycles. The molecule has 1 saturated heterocycles. The Balaban J connectivity index is 1.83. The maximum Gasteiger partial charge on any atom is 0.105 e. The molecule has 2 heterocycles. The Bertz CT molecular complexity index is 416. The minimum atomic E-state index is -0.515. The van der Waals surface area contributed by atoms with Crippen LogP contribution >= 0.6 is 0 Å². The van der Waals surface area contributed by atoms with Crippen molar-refractivity contribution in [3.05, 3.63) is 34.9 Å². The SMILES string of the molecule is CC1CCOC1C(O)c1ccc2c(c1)COC2. The molecule has 1 fully saturated rings. The van der Waals surface area contributed by atoms with E-state index in [0.29, 0.717) is 19.1 Å². The third-order valence-electron chi connectivity index (χ3n) is 3.84. The molecule has 92 valence electrons. The van der Waals surface area contributed by atoms with Crippen LogP contribution in [0.15, 0.2) is 18.2 Å². The van der Waals surface area contributed by atoms with Crippen LogP contribution < -0.4 is 0 Å². The predicted molar refractivity (Wildman–Crippen MR) is 63.4 cm³/mol. The predicted octanol–water partition coefficient (Wildman–Crippen LogP) is 2.18. The number of benzene rings is 1. The van der Waals surface area contributed by atoms with Gasteiger partial charge < -0.3 is 14.6 Å². The van der Waals surface area contributed by atoms with Gasteiger partial charge in [0.1, 0.15) is 6.10 Å². The van der Waals surface area contributed by atoms with Gasteiger partial charge in [0.25, 0.3) is 0 Å². The van der Waals surface area contributed by atoms with Gasteiger partial charge >= 0.3 is 0 Å². The van der Waals surface area contributed by atoms with Crippen LogP contribution in [-0.2, 0) is 22.7 Å². The fraction of sp³-hybridized carbons (Fsp3) is 0.571. The third kappa shape index (κ3) is 1.99. The first-order valence-corrected chi connectivity index (χ1v) is 6.25. The van der Waals surface area contributed by atoms with Crippen LogP contribution in [0.4, 0.5) is 0 Å². The Hall–Kier alpha value is -0.900. The van der Waals surface area contributed by atoms with Crippen LogP contribution in [0, 0.1) is 5.92 Å². The zero-order valence-corrected chi connectivity index (χ0v) is 10.1. The largest absolute Gasteiger partial charge is 0.386 e. The molecule has 0 spiro atoms. The van der Waals surface area contributed by atoms with E-state index in [4.69, 9.17) is 9.47 Å². The molecule has 17 heavy (non-hydrogen) atoms. The van der Waals surface area contributed by atoms with Gasteiger partial charge in [0.15, 0.2) is 0 Å². The van der Waals surface area contributed by atoms with Crippen molar-refractivity contribution in [2.45, 2.75) is 38.8 Å². The number of fused-ring (bicyclic) bond motifs is 1. The highest BCUT2D eigenvalue weighted by atomic mass is 16.5. The summed E-state index contributed by atoms with van der Waals surface area (Å²) in [6, 6.07) is 6.11. The average molecular weight is 234 g/mol. The van der Waals surface area contributed by atoms with Gasteiger partial charge in [-0.25, -0.2) is 0 Å². The average Bonchev–Trinajstić information content (AvgIpc) is 2.95. The zero-order valence-electron chi connectivity index (χ0n) is 10.1. The molecule has 1 N–H and O–H groups in total. The molecule has 0 aliphatic carbocycles. The first-order valence-electron chi connectivity index (χ1n) is 6.25. The second-order valence-electron chi connectivity index (χ2n) is 5.07. The molecule has 1 aromatic rings. The number of hydrogen-bond acceptors (Lipinski definition) is 3. The first-order chi connectivity index (χ1) is 8.25. The Kier molecular flexibility index (Phi) is 2.90. The molecule has 3 atom stereocenters. The van der Waals surface area contributed by atoms with Crippen LogP contribution in [0.1, 0.15) is 36.1 Å². The number of rotatable bonds is 2. The smallest absolute Gasteiger partial charge is 0.105 e. The fourth-order valence-corrected chi connectivity index (χ4v) is 2.69. The van der Waals surface area contributed by atoms with Crippen molar-refractivity contribution in [3.8, 4) is 0 Å². The lowest BCUT2D eigenvalue weighted by Gasteiger charge is -2.22. The fourth-order valence-electron chi connectivity index (χ4n) is 2.69. The summed E-state index contributed by atoms with van der Waals surface area (Å²) in [4.78, 5) is 0. The van der Waals surface area contributed by atoms with Crippen LogP contribution in [0.3, 0.4) is 0 Å². The van der Waals surface area contributed by atoms with Gasteiger partial charge in [-0.1, -0.05) is 25.1 Å². The Morgan fingerprint density at radius 1 is 1.29 bits per heavy atom. The van der Waals surface area contributed by atoms with E-state index in [-0.39, 0.29) is 6.10 Å².